The molecule has 1 aromatic heterocycles. The number of amides is 1. The molecule has 3 rings (SSSR count). The number of hydrogen-bond acceptors (Lipinski definition) is 3. The summed E-state index contributed by atoms with van der Waals surface area (Å²) < 4.78 is 5.78. The van der Waals surface area contributed by atoms with E-state index in [0.717, 1.165) is 36.0 Å². The first kappa shape index (κ1) is 14.1. The van der Waals surface area contributed by atoms with Crippen molar-refractivity contribution >= 4 is 16.9 Å². The maximum absolute atomic E-state index is 12.4. The monoisotopic (exact) mass is 286 g/mol. The van der Waals surface area contributed by atoms with Gasteiger partial charge >= 0.3 is 0 Å². The number of carbonyl (C=O) groups excluding carboxylic acids is 1. The fourth-order valence-corrected chi connectivity index (χ4v) is 3.16. The molecule has 2 aromatic rings. The quantitative estimate of drug-likeness (QED) is 0.908. The number of hydrogen-bond donors (Lipinski definition) is 2. The molecule has 0 saturated heterocycles. The van der Waals surface area contributed by atoms with Crippen LogP contribution in [0, 0.1) is 5.92 Å². The third kappa shape index (κ3) is 2.81. The number of benzene rings is 1. The Kier molecular flexibility index (Phi) is 3.97. The highest BCUT2D eigenvalue weighted by Crippen LogP contribution is 2.28. The summed E-state index contributed by atoms with van der Waals surface area (Å²) in [5, 5.41) is 4.18. The molecule has 4 heteroatoms. The highest BCUT2D eigenvalue weighted by Gasteiger charge is 2.29. The normalized spacial score (nSPS) is 23.3. The minimum Gasteiger partial charge on any atom is -0.460 e. The van der Waals surface area contributed by atoms with Gasteiger partial charge in [0, 0.05) is 11.4 Å². The molecule has 1 aromatic carbocycles. The van der Waals surface area contributed by atoms with Gasteiger partial charge in [0.25, 0.3) is 0 Å². The predicted octanol–water partition coefficient (Wildman–Crippen LogP) is 2.78. The van der Waals surface area contributed by atoms with Gasteiger partial charge in [-0.05, 0) is 44.4 Å². The van der Waals surface area contributed by atoms with Crippen molar-refractivity contribution in [1.29, 1.82) is 0 Å². The Bertz CT molecular complexity index is 602. The van der Waals surface area contributed by atoms with Crippen molar-refractivity contribution in [2.24, 2.45) is 11.7 Å². The van der Waals surface area contributed by atoms with E-state index >= 15 is 0 Å². The third-order valence-electron chi connectivity index (χ3n) is 4.55. The lowest BCUT2D eigenvalue weighted by Gasteiger charge is -2.21. The number of carbonyl (C=O) groups is 1. The molecule has 3 N–H and O–H groups in total. The smallest absolute Gasteiger partial charge is 0.230 e. The van der Waals surface area contributed by atoms with E-state index in [1.165, 1.54) is 0 Å². The summed E-state index contributed by atoms with van der Waals surface area (Å²) >= 11 is 0. The Morgan fingerprint density at radius 1 is 1.43 bits per heavy atom. The number of furan rings is 1. The fraction of sp³-hybridized carbons (Fsp3) is 0.471. The summed E-state index contributed by atoms with van der Waals surface area (Å²) in [5.74, 6) is 0.878. The first-order valence-corrected chi connectivity index (χ1v) is 7.68. The predicted molar refractivity (Wildman–Crippen MR) is 83.0 cm³/mol. The number of para-hydroxylation sites is 1. The SMILES string of the molecule is CC(C(=O)NC1CCCC1CN)c1cc2ccccc2o1. The third-order valence-corrected chi connectivity index (χ3v) is 4.55. The van der Waals surface area contributed by atoms with E-state index in [-0.39, 0.29) is 17.9 Å². The van der Waals surface area contributed by atoms with E-state index < -0.39 is 0 Å². The van der Waals surface area contributed by atoms with Gasteiger partial charge in [-0.3, -0.25) is 4.79 Å². The number of nitrogens with one attached hydrogen (secondary N) is 1. The second-order valence-corrected chi connectivity index (χ2v) is 5.95. The van der Waals surface area contributed by atoms with Crippen molar-refractivity contribution in [1.82, 2.24) is 5.32 Å². The van der Waals surface area contributed by atoms with Gasteiger partial charge in [-0.15, -0.1) is 0 Å². The average molecular weight is 286 g/mol. The molecule has 0 spiro atoms. The first-order chi connectivity index (χ1) is 10.2. The molecule has 21 heavy (non-hydrogen) atoms. The van der Waals surface area contributed by atoms with Crippen molar-refractivity contribution in [3.63, 3.8) is 0 Å². The zero-order chi connectivity index (χ0) is 14.8. The van der Waals surface area contributed by atoms with Gasteiger partial charge in [0.1, 0.15) is 11.3 Å². The highest BCUT2D eigenvalue weighted by atomic mass is 16.3. The van der Waals surface area contributed by atoms with Crippen LogP contribution in [0.4, 0.5) is 0 Å². The molecule has 3 unspecified atom stereocenters. The second-order valence-electron chi connectivity index (χ2n) is 5.95. The molecule has 1 heterocycles. The molecule has 0 radical (unpaired) electrons. The van der Waals surface area contributed by atoms with E-state index in [1.807, 2.05) is 37.3 Å². The van der Waals surface area contributed by atoms with Crippen molar-refractivity contribution in [2.45, 2.75) is 38.1 Å². The molecule has 1 saturated carbocycles. The first-order valence-electron chi connectivity index (χ1n) is 7.68. The van der Waals surface area contributed by atoms with Gasteiger partial charge in [-0.2, -0.15) is 0 Å². The average Bonchev–Trinajstić information content (AvgIpc) is 3.11. The Balaban J connectivity index is 1.72. The van der Waals surface area contributed by atoms with E-state index in [1.54, 1.807) is 0 Å². The van der Waals surface area contributed by atoms with Crippen LogP contribution < -0.4 is 11.1 Å². The lowest BCUT2D eigenvalue weighted by molar-refractivity contribution is -0.123. The molecule has 4 nitrogen and oxygen atoms in total. The van der Waals surface area contributed by atoms with Crippen LogP contribution in [0.5, 0.6) is 0 Å². The Labute approximate surface area is 124 Å². The standard InChI is InChI=1S/C17H22N2O2/c1-11(16-9-12-5-2-3-8-15(12)21-16)17(20)19-14-7-4-6-13(14)10-18/h2-3,5,8-9,11,13-14H,4,6-7,10,18H2,1H3,(H,19,20). The van der Waals surface area contributed by atoms with Gasteiger partial charge in [0.15, 0.2) is 0 Å². The summed E-state index contributed by atoms with van der Waals surface area (Å²) in [6.45, 7) is 2.53. The minimum absolute atomic E-state index is 0.0272. The zero-order valence-electron chi connectivity index (χ0n) is 12.3. The van der Waals surface area contributed by atoms with Crippen LogP contribution in [0.1, 0.15) is 37.9 Å². The Morgan fingerprint density at radius 3 is 3.00 bits per heavy atom. The molecule has 1 fully saturated rings. The fourth-order valence-electron chi connectivity index (χ4n) is 3.16. The van der Waals surface area contributed by atoms with Crippen LogP contribution in [0.2, 0.25) is 0 Å². The summed E-state index contributed by atoms with van der Waals surface area (Å²) in [6, 6.07) is 9.99. The molecule has 0 aliphatic heterocycles. The molecular weight excluding hydrogens is 264 g/mol. The van der Waals surface area contributed by atoms with Gasteiger partial charge < -0.3 is 15.5 Å². The van der Waals surface area contributed by atoms with Crippen molar-refractivity contribution in [2.75, 3.05) is 6.54 Å². The van der Waals surface area contributed by atoms with Gasteiger partial charge in [-0.25, -0.2) is 0 Å². The second kappa shape index (κ2) is 5.90. The lowest BCUT2D eigenvalue weighted by Crippen LogP contribution is -2.41. The Morgan fingerprint density at radius 2 is 2.24 bits per heavy atom. The van der Waals surface area contributed by atoms with Gasteiger partial charge in [-0.1, -0.05) is 24.6 Å². The number of rotatable bonds is 4. The van der Waals surface area contributed by atoms with Gasteiger partial charge in [0.2, 0.25) is 5.91 Å². The highest BCUT2D eigenvalue weighted by molar-refractivity contribution is 5.85. The largest absolute Gasteiger partial charge is 0.460 e. The van der Waals surface area contributed by atoms with Crippen LogP contribution in [-0.4, -0.2) is 18.5 Å². The van der Waals surface area contributed by atoms with E-state index in [4.69, 9.17) is 10.2 Å². The topological polar surface area (TPSA) is 68.3 Å². The van der Waals surface area contributed by atoms with Crippen LogP contribution in [0.25, 0.3) is 11.0 Å². The van der Waals surface area contributed by atoms with E-state index in [9.17, 15) is 4.79 Å². The zero-order valence-corrected chi connectivity index (χ0v) is 12.3. The van der Waals surface area contributed by atoms with Gasteiger partial charge in [0.05, 0.1) is 5.92 Å². The van der Waals surface area contributed by atoms with Crippen LogP contribution >= 0.6 is 0 Å². The summed E-state index contributed by atoms with van der Waals surface area (Å²) in [7, 11) is 0. The maximum atomic E-state index is 12.4. The molecule has 3 atom stereocenters. The summed E-state index contributed by atoms with van der Waals surface area (Å²) in [6.07, 6.45) is 3.28. The molecule has 112 valence electrons. The number of nitrogens with two attached hydrogens (primary N) is 1. The summed E-state index contributed by atoms with van der Waals surface area (Å²) in [4.78, 5) is 12.4. The minimum atomic E-state index is -0.281. The maximum Gasteiger partial charge on any atom is 0.230 e. The van der Waals surface area contributed by atoms with Crippen LogP contribution in [0.3, 0.4) is 0 Å². The van der Waals surface area contributed by atoms with Crippen molar-refractivity contribution in [3.8, 4) is 0 Å². The van der Waals surface area contributed by atoms with Crippen molar-refractivity contribution in [3.05, 3.63) is 36.1 Å². The van der Waals surface area contributed by atoms with Crippen LogP contribution in [0.15, 0.2) is 34.7 Å². The van der Waals surface area contributed by atoms with Crippen molar-refractivity contribution < 1.29 is 9.21 Å². The molecule has 1 aliphatic carbocycles. The molecule has 1 amide bonds. The number of fused-ring (bicyclic) bond motifs is 1. The van der Waals surface area contributed by atoms with E-state index in [0.29, 0.717) is 12.5 Å². The molecular formula is C17H22N2O2. The molecule has 1 aliphatic rings. The lowest BCUT2D eigenvalue weighted by atomic mass is 10.0. The summed E-state index contributed by atoms with van der Waals surface area (Å²) in [5.41, 5.74) is 6.60. The Hall–Kier alpha value is -1.81. The van der Waals surface area contributed by atoms with E-state index in [2.05, 4.69) is 5.32 Å². The molecule has 0 bridgehead atoms. The van der Waals surface area contributed by atoms with Crippen LogP contribution in [-0.2, 0) is 4.79 Å².